The van der Waals surface area contributed by atoms with Gasteiger partial charge in [0.25, 0.3) is 0 Å². The Morgan fingerprint density at radius 2 is 1.79 bits per heavy atom. The van der Waals surface area contributed by atoms with Crippen LogP contribution in [0.1, 0.15) is 18.5 Å². The topological polar surface area (TPSA) is 54.9 Å². The molecule has 2 aromatic carbocycles. The summed E-state index contributed by atoms with van der Waals surface area (Å²) in [5, 5.41) is 6.92. The molecule has 1 amide bonds. The highest BCUT2D eigenvalue weighted by Gasteiger charge is 2.12. The smallest absolute Gasteiger partial charge is 0.230 e. The summed E-state index contributed by atoms with van der Waals surface area (Å²) in [6.07, 6.45) is 1.55. The number of nitrogens with zero attached hydrogens (tertiary/aromatic N) is 2. The van der Waals surface area contributed by atoms with Crippen molar-refractivity contribution in [2.75, 3.05) is 5.75 Å². The lowest BCUT2D eigenvalue weighted by molar-refractivity contribution is -0.119. The van der Waals surface area contributed by atoms with Gasteiger partial charge in [0.05, 0.1) is 11.8 Å². The molecule has 0 bridgehead atoms. The van der Waals surface area contributed by atoms with E-state index >= 15 is 0 Å². The van der Waals surface area contributed by atoms with Crippen LogP contribution in [-0.4, -0.2) is 21.6 Å². The van der Waals surface area contributed by atoms with E-state index in [9.17, 15) is 4.79 Å². The van der Waals surface area contributed by atoms with Crippen LogP contribution in [0.25, 0.3) is 21.3 Å². The SMILES string of the molecule is C[C@H](NC(=O)CSc1ncnc2sccc12)c1ccc(-c2ccccc2)cc1. The monoisotopic (exact) mass is 405 g/mol. The fourth-order valence-electron chi connectivity index (χ4n) is 2.98. The number of fused-ring (bicyclic) bond motifs is 1. The van der Waals surface area contributed by atoms with E-state index in [1.54, 1.807) is 17.7 Å². The molecule has 4 rings (SSSR count). The molecule has 4 nitrogen and oxygen atoms in total. The standard InChI is InChI=1S/C22H19N3OS2/c1-15(16-7-9-18(10-8-16)17-5-3-2-4-6-17)25-20(26)13-28-22-19-11-12-27-21(19)23-14-24-22/h2-12,14-15H,13H2,1H3,(H,25,26)/t15-/m0/s1. The van der Waals surface area contributed by atoms with Gasteiger partial charge >= 0.3 is 0 Å². The van der Waals surface area contributed by atoms with Crippen LogP contribution in [0.5, 0.6) is 0 Å². The van der Waals surface area contributed by atoms with E-state index in [0.717, 1.165) is 20.8 Å². The average molecular weight is 406 g/mol. The van der Waals surface area contributed by atoms with Crippen molar-refractivity contribution in [3.05, 3.63) is 77.9 Å². The zero-order chi connectivity index (χ0) is 19.3. The Labute approximate surface area is 172 Å². The maximum absolute atomic E-state index is 12.4. The third-order valence-corrected chi connectivity index (χ3v) is 6.29. The largest absolute Gasteiger partial charge is 0.349 e. The summed E-state index contributed by atoms with van der Waals surface area (Å²) >= 11 is 3.02. The number of thiophene rings is 1. The summed E-state index contributed by atoms with van der Waals surface area (Å²) in [4.78, 5) is 21.9. The Balaban J connectivity index is 1.36. The van der Waals surface area contributed by atoms with Crippen molar-refractivity contribution >= 4 is 39.2 Å². The molecule has 0 unspecified atom stereocenters. The summed E-state index contributed by atoms with van der Waals surface area (Å²) in [5.41, 5.74) is 3.44. The number of carbonyl (C=O) groups is 1. The van der Waals surface area contributed by atoms with Crippen molar-refractivity contribution in [1.82, 2.24) is 15.3 Å². The number of aromatic nitrogens is 2. The molecular formula is C22H19N3OS2. The highest BCUT2D eigenvalue weighted by atomic mass is 32.2. The van der Waals surface area contributed by atoms with Crippen LogP contribution in [0.2, 0.25) is 0 Å². The highest BCUT2D eigenvalue weighted by Crippen LogP contribution is 2.27. The molecule has 0 aliphatic carbocycles. The minimum absolute atomic E-state index is 0.00775. The Hall–Kier alpha value is -2.70. The van der Waals surface area contributed by atoms with E-state index in [-0.39, 0.29) is 11.9 Å². The maximum atomic E-state index is 12.4. The molecule has 1 atom stereocenters. The van der Waals surface area contributed by atoms with Gasteiger partial charge in [-0.05, 0) is 35.1 Å². The lowest BCUT2D eigenvalue weighted by Crippen LogP contribution is -2.28. The van der Waals surface area contributed by atoms with Gasteiger partial charge in [-0.2, -0.15) is 0 Å². The molecule has 0 saturated carbocycles. The molecule has 2 heterocycles. The zero-order valence-corrected chi connectivity index (χ0v) is 17.0. The fraction of sp³-hybridized carbons (Fsp3) is 0.136. The molecule has 1 N–H and O–H groups in total. The number of benzene rings is 2. The summed E-state index contributed by atoms with van der Waals surface area (Å²) in [6, 6.07) is 20.5. The molecular weight excluding hydrogens is 386 g/mol. The van der Waals surface area contributed by atoms with Gasteiger partial charge in [0.15, 0.2) is 0 Å². The number of hydrogen-bond donors (Lipinski definition) is 1. The first-order valence-corrected chi connectivity index (χ1v) is 10.8. The summed E-state index contributed by atoms with van der Waals surface area (Å²) < 4.78 is 0. The molecule has 0 fully saturated rings. The molecule has 0 aliphatic heterocycles. The van der Waals surface area contributed by atoms with E-state index in [4.69, 9.17) is 0 Å². The van der Waals surface area contributed by atoms with Gasteiger partial charge in [0.2, 0.25) is 5.91 Å². The molecule has 0 aliphatic rings. The summed E-state index contributed by atoms with van der Waals surface area (Å²) in [7, 11) is 0. The number of nitrogens with one attached hydrogen (secondary N) is 1. The Morgan fingerprint density at radius 1 is 1.04 bits per heavy atom. The van der Waals surface area contributed by atoms with Gasteiger partial charge < -0.3 is 5.32 Å². The lowest BCUT2D eigenvalue weighted by Gasteiger charge is -2.15. The van der Waals surface area contributed by atoms with Crippen molar-refractivity contribution in [3.63, 3.8) is 0 Å². The molecule has 140 valence electrons. The number of hydrogen-bond acceptors (Lipinski definition) is 5. The number of rotatable bonds is 6. The predicted octanol–water partition coefficient (Wildman–Crippen LogP) is 5.33. The van der Waals surface area contributed by atoms with Crippen LogP contribution in [0.3, 0.4) is 0 Å². The van der Waals surface area contributed by atoms with Gasteiger partial charge in [0, 0.05) is 5.39 Å². The van der Waals surface area contributed by atoms with Crippen LogP contribution in [-0.2, 0) is 4.79 Å². The van der Waals surface area contributed by atoms with E-state index in [1.165, 1.54) is 22.9 Å². The van der Waals surface area contributed by atoms with Crippen molar-refractivity contribution in [2.45, 2.75) is 18.0 Å². The third-order valence-electron chi connectivity index (χ3n) is 4.46. The average Bonchev–Trinajstić information content (AvgIpc) is 3.22. The summed E-state index contributed by atoms with van der Waals surface area (Å²) in [6.45, 7) is 2.00. The van der Waals surface area contributed by atoms with Crippen LogP contribution in [0.4, 0.5) is 0 Å². The normalized spacial score (nSPS) is 12.0. The van der Waals surface area contributed by atoms with Crippen molar-refractivity contribution in [2.24, 2.45) is 0 Å². The fourth-order valence-corrected chi connectivity index (χ4v) is 4.57. The summed E-state index contributed by atoms with van der Waals surface area (Å²) in [5.74, 6) is 0.320. The van der Waals surface area contributed by atoms with Gasteiger partial charge in [-0.3, -0.25) is 4.79 Å². The van der Waals surface area contributed by atoms with Crippen LogP contribution >= 0.6 is 23.1 Å². The second-order valence-electron chi connectivity index (χ2n) is 6.38. The molecule has 6 heteroatoms. The first-order chi connectivity index (χ1) is 13.7. The zero-order valence-electron chi connectivity index (χ0n) is 15.3. The third kappa shape index (κ3) is 4.24. The van der Waals surface area contributed by atoms with Crippen molar-refractivity contribution < 1.29 is 4.79 Å². The van der Waals surface area contributed by atoms with Gasteiger partial charge in [-0.1, -0.05) is 66.4 Å². The second-order valence-corrected chi connectivity index (χ2v) is 8.24. The molecule has 28 heavy (non-hydrogen) atoms. The highest BCUT2D eigenvalue weighted by molar-refractivity contribution is 8.00. The molecule has 0 radical (unpaired) electrons. The molecule has 2 aromatic heterocycles. The van der Waals surface area contributed by atoms with Crippen LogP contribution in [0, 0.1) is 0 Å². The van der Waals surface area contributed by atoms with Crippen molar-refractivity contribution in [3.8, 4) is 11.1 Å². The minimum atomic E-state index is -0.0514. The first-order valence-electron chi connectivity index (χ1n) is 8.96. The second kappa shape index (κ2) is 8.54. The van der Waals surface area contributed by atoms with Gasteiger partial charge in [-0.25, -0.2) is 9.97 Å². The van der Waals surface area contributed by atoms with Crippen LogP contribution < -0.4 is 5.32 Å². The molecule has 0 spiro atoms. The minimum Gasteiger partial charge on any atom is -0.349 e. The van der Waals surface area contributed by atoms with E-state index in [0.29, 0.717) is 5.75 Å². The van der Waals surface area contributed by atoms with Gasteiger partial charge in [0.1, 0.15) is 16.2 Å². The van der Waals surface area contributed by atoms with Crippen LogP contribution in [0.15, 0.2) is 77.4 Å². The Bertz CT molecular complexity index is 1080. The van der Waals surface area contributed by atoms with E-state index < -0.39 is 0 Å². The van der Waals surface area contributed by atoms with E-state index in [2.05, 4.69) is 51.7 Å². The predicted molar refractivity (Wildman–Crippen MR) is 117 cm³/mol. The lowest BCUT2D eigenvalue weighted by atomic mass is 10.0. The van der Waals surface area contributed by atoms with Gasteiger partial charge in [-0.15, -0.1) is 11.3 Å². The molecule has 4 aromatic rings. The van der Waals surface area contributed by atoms with Crippen molar-refractivity contribution in [1.29, 1.82) is 0 Å². The number of amides is 1. The number of thioether (sulfide) groups is 1. The Kier molecular flexibility index (Phi) is 5.69. The maximum Gasteiger partial charge on any atom is 0.230 e. The van der Waals surface area contributed by atoms with E-state index in [1.807, 2.05) is 36.6 Å². The Morgan fingerprint density at radius 3 is 2.57 bits per heavy atom. The molecule has 0 saturated heterocycles. The quantitative estimate of drug-likeness (QED) is 0.348. The first kappa shape index (κ1) is 18.7. The number of carbonyl (C=O) groups excluding carboxylic acids is 1.